The molecule has 0 saturated heterocycles. The lowest BCUT2D eigenvalue weighted by molar-refractivity contribution is -0.114. The molecule has 2 aromatic rings. The maximum absolute atomic E-state index is 13.9. The van der Waals surface area contributed by atoms with Gasteiger partial charge in [-0.2, -0.15) is 4.31 Å². The van der Waals surface area contributed by atoms with Crippen molar-refractivity contribution in [1.82, 2.24) is 4.31 Å². The third-order valence-corrected chi connectivity index (χ3v) is 6.59. The lowest BCUT2D eigenvalue weighted by Crippen LogP contribution is -2.30. The Bertz CT molecular complexity index is 992. The summed E-state index contributed by atoms with van der Waals surface area (Å²) in [6.45, 7) is 8.43. The molecular formula is C21H29FN4O3S. The van der Waals surface area contributed by atoms with Gasteiger partial charge in [-0.1, -0.05) is 19.9 Å². The second-order valence-corrected chi connectivity index (χ2v) is 8.65. The van der Waals surface area contributed by atoms with Gasteiger partial charge in [0, 0.05) is 19.6 Å². The van der Waals surface area contributed by atoms with E-state index in [0.29, 0.717) is 31.0 Å². The molecular weight excluding hydrogens is 407 g/mol. The summed E-state index contributed by atoms with van der Waals surface area (Å²) in [6, 6.07) is 9.26. The molecule has 3 N–H and O–H groups in total. The van der Waals surface area contributed by atoms with Crippen LogP contribution in [0.2, 0.25) is 0 Å². The number of nitrogens with zero attached hydrogens (tertiary/aromatic N) is 1. The number of halogens is 1. The third kappa shape index (κ3) is 5.70. The van der Waals surface area contributed by atoms with Crippen LogP contribution in [0.25, 0.3) is 0 Å². The van der Waals surface area contributed by atoms with Crippen LogP contribution in [-0.2, 0) is 14.8 Å². The Hall–Kier alpha value is -2.65. The molecule has 0 aromatic heterocycles. The van der Waals surface area contributed by atoms with Crippen LogP contribution in [0.5, 0.6) is 0 Å². The molecule has 30 heavy (non-hydrogen) atoms. The monoisotopic (exact) mass is 436 g/mol. The van der Waals surface area contributed by atoms with Crippen LogP contribution in [0.4, 0.5) is 21.5 Å². The molecule has 9 heteroatoms. The molecule has 0 atom stereocenters. The van der Waals surface area contributed by atoms with E-state index in [1.54, 1.807) is 39.0 Å². The number of sulfonamides is 1. The molecule has 0 unspecified atom stereocenters. The predicted molar refractivity (Wildman–Crippen MR) is 119 cm³/mol. The van der Waals surface area contributed by atoms with Crippen molar-refractivity contribution in [3.63, 3.8) is 0 Å². The molecule has 7 nitrogen and oxygen atoms in total. The summed E-state index contributed by atoms with van der Waals surface area (Å²) >= 11 is 0. The molecule has 2 rings (SSSR count). The van der Waals surface area contributed by atoms with E-state index in [2.05, 4.69) is 16.0 Å². The van der Waals surface area contributed by atoms with Gasteiger partial charge in [0.2, 0.25) is 15.9 Å². The topological polar surface area (TPSA) is 90.5 Å². The summed E-state index contributed by atoms with van der Waals surface area (Å²) < 4.78 is 40.9. The fourth-order valence-corrected chi connectivity index (χ4v) is 4.46. The van der Waals surface area contributed by atoms with Crippen molar-refractivity contribution in [3.8, 4) is 0 Å². The summed E-state index contributed by atoms with van der Waals surface area (Å²) in [6.07, 6.45) is 0. The summed E-state index contributed by atoms with van der Waals surface area (Å²) in [5.41, 5.74) is 2.00. The second kappa shape index (κ2) is 10.4. The fourth-order valence-electron chi connectivity index (χ4n) is 2.98. The van der Waals surface area contributed by atoms with E-state index in [0.717, 1.165) is 5.56 Å². The number of carbonyl (C=O) groups is 1. The minimum absolute atomic E-state index is 0.0946. The maximum Gasteiger partial charge on any atom is 0.243 e. The summed E-state index contributed by atoms with van der Waals surface area (Å²) in [5.74, 6) is -0.957. The number of nitrogens with one attached hydrogen (secondary N) is 3. The Kier molecular flexibility index (Phi) is 8.19. The first-order valence-corrected chi connectivity index (χ1v) is 11.3. The minimum atomic E-state index is -3.64. The Morgan fingerprint density at radius 2 is 1.63 bits per heavy atom. The van der Waals surface area contributed by atoms with Crippen LogP contribution in [0.15, 0.2) is 41.3 Å². The van der Waals surface area contributed by atoms with Gasteiger partial charge in [0.05, 0.1) is 28.5 Å². The zero-order valence-electron chi connectivity index (χ0n) is 17.8. The molecule has 164 valence electrons. The first kappa shape index (κ1) is 23.6. The zero-order valence-corrected chi connectivity index (χ0v) is 18.6. The van der Waals surface area contributed by atoms with E-state index in [4.69, 9.17) is 0 Å². The van der Waals surface area contributed by atoms with Gasteiger partial charge >= 0.3 is 0 Å². The van der Waals surface area contributed by atoms with E-state index < -0.39 is 21.7 Å². The van der Waals surface area contributed by atoms with Gasteiger partial charge in [-0.05, 0) is 49.7 Å². The van der Waals surface area contributed by atoms with Gasteiger partial charge in [0.15, 0.2) is 0 Å². The zero-order chi connectivity index (χ0) is 22.3. The Morgan fingerprint density at radius 3 is 2.23 bits per heavy atom. The van der Waals surface area contributed by atoms with E-state index in [9.17, 15) is 17.6 Å². The van der Waals surface area contributed by atoms with Crippen LogP contribution in [0.1, 0.15) is 26.3 Å². The fraction of sp³-hybridized carbons (Fsp3) is 0.381. The van der Waals surface area contributed by atoms with Crippen molar-refractivity contribution >= 4 is 33.0 Å². The van der Waals surface area contributed by atoms with Crippen molar-refractivity contribution in [1.29, 1.82) is 0 Å². The highest BCUT2D eigenvalue weighted by Gasteiger charge is 2.22. The number of rotatable bonds is 10. The van der Waals surface area contributed by atoms with Crippen LogP contribution in [0.3, 0.4) is 0 Å². The van der Waals surface area contributed by atoms with Crippen LogP contribution < -0.4 is 16.0 Å². The average Bonchev–Trinajstić information content (AvgIpc) is 2.70. The number of benzene rings is 2. The van der Waals surface area contributed by atoms with Gasteiger partial charge in [-0.15, -0.1) is 0 Å². The summed E-state index contributed by atoms with van der Waals surface area (Å²) in [5, 5.41) is 8.61. The van der Waals surface area contributed by atoms with E-state index in [1.165, 1.54) is 22.5 Å². The molecule has 0 spiro atoms. The molecule has 0 radical (unpaired) electrons. The van der Waals surface area contributed by atoms with Crippen LogP contribution >= 0.6 is 0 Å². The van der Waals surface area contributed by atoms with Crippen molar-refractivity contribution < 1.29 is 17.6 Å². The second-order valence-electron chi connectivity index (χ2n) is 6.71. The molecule has 0 heterocycles. The first-order chi connectivity index (χ1) is 14.2. The van der Waals surface area contributed by atoms with Gasteiger partial charge in [0.25, 0.3) is 0 Å². The van der Waals surface area contributed by atoms with E-state index in [-0.39, 0.29) is 17.1 Å². The third-order valence-electron chi connectivity index (χ3n) is 4.54. The highest BCUT2D eigenvalue weighted by molar-refractivity contribution is 7.89. The number of amides is 1. The molecule has 0 aliphatic rings. The number of aryl methyl sites for hydroxylation is 1. The Balaban J connectivity index is 2.21. The van der Waals surface area contributed by atoms with Gasteiger partial charge in [0.1, 0.15) is 5.82 Å². The van der Waals surface area contributed by atoms with Gasteiger partial charge in [-0.3, -0.25) is 4.79 Å². The normalized spacial score (nSPS) is 11.4. The lowest BCUT2D eigenvalue weighted by Gasteiger charge is -2.20. The number of anilines is 3. The molecule has 0 bridgehead atoms. The van der Waals surface area contributed by atoms with Crippen LogP contribution in [0, 0.1) is 12.7 Å². The first-order valence-electron chi connectivity index (χ1n) is 9.90. The Labute approximate surface area is 177 Å². The molecule has 0 aliphatic carbocycles. The predicted octanol–water partition coefficient (Wildman–Crippen LogP) is 3.65. The molecule has 2 aromatic carbocycles. The number of hydrogen-bond acceptors (Lipinski definition) is 5. The highest BCUT2D eigenvalue weighted by Crippen LogP contribution is 2.27. The summed E-state index contributed by atoms with van der Waals surface area (Å²) in [4.78, 5) is 12.4. The molecule has 1 amide bonds. The van der Waals surface area contributed by atoms with Gasteiger partial charge in [-0.25, -0.2) is 12.8 Å². The Morgan fingerprint density at radius 1 is 0.967 bits per heavy atom. The smallest absolute Gasteiger partial charge is 0.243 e. The van der Waals surface area contributed by atoms with Crippen molar-refractivity contribution in [2.75, 3.05) is 42.1 Å². The van der Waals surface area contributed by atoms with E-state index >= 15 is 0 Å². The van der Waals surface area contributed by atoms with Gasteiger partial charge < -0.3 is 16.0 Å². The summed E-state index contributed by atoms with van der Waals surface area (Å²) in [7, 11) is -3.64. The maximum atomic E-state index is 13.9. The van der Waals surface area contributed by atoms with Crippen molar-refractivity contribution in [2.24, 2.45) is 0 Å². The SMILES string of the molecule is CCNc1ccc(S(=O)(=O)N(CC)CC)cc1NCC(=O)Nc1ccc(C)cc1F. The quantitative estimate of drug-likeness (QED) is 0.529. The molecule has 0 fully saturated rings. The van der Waals surface area contributed by atoms with Crippen LogP contribution in [-0.4, -0.2) is 44.8 Å². The minimum Gasteiger partial charge on any atom is -0.384 e. The highest BCUT2D eigenvalue weighted by atomic mass is 32.2. The van der Waals surface area contributed by atoms with Crippen molar-refractivity contribution in [2.45, 2.75) is 32.6 Å². The number of hydrogen-bond donors (Lipinski definition) is 3. The molecule has 0 aliphatic heterocycles. The van der Waals surface area contributed by atoms with E-state index in [1.807, 2.05) is 6.92 Å². The average molecular weight is 437 g/mol. The molecule has 0 saturated carbocycles. The van der Waals surface area contributed by atoms with Crippen molar-refractivity contribution in [3.05, 3.63) is 47.8 Å². The lowest BCUT2D eigenvalue weighted by atomic mass is 10.2. The standard InChI is InChI=1S/C21H29FN4O3S/c1-5-23-19-11-9-16(30(28,29)26(6-2)7-3)13-20(19)24-14-21(27)25-18-10-8-15(4)12-17(18)22/h8-13,23-24H,5-7,14H2,1-4H3,(H,25,27). The number of carbonyl (C=O) groups excluding carboxylic acids is 1. The largest absolute Gasteiger partial charge is 0.384 e.